The van der Waals surface area contributed by atoms with Crippen molar-refractivity contribution in [3.63, 3.8) is 0 Å². The Labute approximate surface area is 108 Å². The van der Waals surface area contributed by atoms with E-state index >= 15 is 0 Å². The van der Waals surface area contributed by atoms with Gasteiger partial charge in [0.15, 0.2) is 0 Å². The largest absolute Gasteiger partial charge is 0.338 e. The first kappa shape index (κ1) is 13.8. The first-order valence-electron chi connectivity index (χ1n) is 5.84. The molecule has 0 unspecified atom stereocenters. The maximum atomic E-state index is 11.8. The van der Waals surface area contributed by atoms with E-state index in [1.165, 1.54) is 0 Å². The van der Waals surface area contributed by atoms with Gasteiger partial charge in [-0.2, -0.15) is 5.26 Å². The maximum absolute atomic E-state index is 11.8. The lowest BCUT2D eigenvalue weighted by Crippen LogP contribution is -2.39. The van der Waals surface area contributed by atoms with Gasteiger partial charge in [0.25, 0.3) is 0 Å². The van der Waals surface area contributed by atoms with E-state index in [1.807, 2.05) is 19.1 Å². The van der Waals surface area contributed by atoms with Crippen molar-refractivity contribution in [2.24, 2.45) is 0 Å². The first-order valence-corrected chi connectivity index (χ1v) is 5.84. The molecule has 0 radical (unpaired) electrons. The summed E-state index contributed by atoms with van der Waals surface area (Å²) in [6, 6.07) is 9.21. The summed E-state index contributed by atoms with van der Waals surface area (Å²) in [6.07, 6.45) is 1.68. The van der Waals surface area contributed by atoms with Gasteiger partial charge in [0, 0.05) is 19.6 Å². The highest BCUT2D eigenvalue weighted by molar-refractivity contribution is 5.74. The summed E-state index contributed by atoms with van der Waals surface area (Å²) in [6.45, 7) is 7.05. The topological polar surface area (TPSA) is 56.1 Å². The smallest absolute Gasteiger partial charge is 0.317 e. The van der Waals surface area contributed by atoms with Crippen LogP contribution < -0.4 is 5.32 Å². The monoisotopic (exact) mass is 243 g/mol. The van der Waals surface area contributed by atoms with Crippen molar-refractivity contribution in [1.82, 2.24) is 10.2 Å². The fourth-order valence-electron chi connectivity index (χ4n) is 1.60. The molecule has 2 amide bonds. The summed E-state index contributed by atoms with van der Waals surface area (Å²) in [5.41, 5.74) is 1.53. The quantitative estimate of drug-likeness (QED) is 0.806. The van der Waals surface area contributed by atoms with Crippen LogP contribution in [-0.4, -0.2) is 24.0 Å². The second kappa shape index (κ2) is 7.13. The van der Waals surface area contributed by atoms with Gasteiger partial charge in [-0.15, -0.1) is 6.58 Å². The number of nitrogens with one attached hydrogen (secondary N) is 1. The molecule has 0 aromatic heterocycles. The standard InChI is InChI=1S/C14H17N3O/c1-3-8-17(14(18)16-4-2)11-13-7-5-6-12(9-13)10-15/h3,5-7,9H,1,4,8,11H2,2H3,(H,16,18). The lowest BCUT2D eigenvalue weighted by atomic mass is 10.1. The molecule has 0 fully saturated rings. The fourth-order valence-corrected chi connectivity index (χ4v) is 1.60. The van der Waals surface area contributed by atoms with Crippen LogP contribution in [0.15, 0.2) is 36.9 Å². The Bertz CT molecular complexity index is 462. The summed E-state index contributed by atoms with van der Waals surface area (Å²) in [7, 11) is 0. The third-order valence-electron chi connectivity index (χ3n) is 2.39. The second-order valence-corrected chi connectivity index (χ2v) is 3.82. The van der Waals surface area contributed by atoms with E-state index in [2.05, 4.69) is 18.0 Å². The number of hydrogen-bond donors (Lipinski definition) is 1. The summed E-state index contributed by atoms with van der Waals surface area (Å²) >= 11 is 0. The van der Waals surface area contributed by atoms with Crippen LogP contribution in [0.2, 0.25) is 0 Å². The lowest BCUT2D eigenvalue weighted by molar-refractivity contribution is 0.201. The van der Waals surface area contributed by atoms with Gasteiger partial charge >= 0.3 is 6.03 Å². The number of amides is 2. The zero-order chi connectivity index (χ0) is 13.4. The van der Waals surface area contributed by atoms with Crippen LogP contribution in [0.4, 0.5) is 4.79 Å². The van der Waals surface area contributed by atoms with E-state index in [0.717, 1.165) is 5.56 Å². The zero-order valence-electron chi connectivity index (χ0n) is 10.5. The van der Waals surface area contributed by atoms with Crippen molar-refractivity contribution in [3.8, 4) is 6.07 Å². The molecule has 0 spiro atoms. The summed E-state index contributed by atoms with van der Waals surface area (Å²) < 4.78 is 0. The second-order valence-electron chi connectivity index (χ2n) is 3.82. The van der Waals surface area contributed by atoms with Crippen LogP contribution in [0.5, 0.6) is 0 Å². The molecule has 0 saturated carbocycles. The summed E-state index contributed by atoms with van der Waals surface area (Å²) in [5, 5.41) is 11.6. The Morgan fingerprint density at radius 3 is 3.00 bits per heavy atom. The number of carbonyl (C=O) groups excluding carboxylic acids is 1. The zero-order valence-corrected chi connectivity index (χ0v) is 10.5. The molecule has 0 bridgehead atoms. The molecule has 4 nitrogen and oxygen atoms in total. The highest BCUT2D eigenvalue weighted by Gasteiger charge is 2.11. The Kier molecular flexibility index (Phi) is 5.46. The molecule has 0 aliphatic rings. The molecule has 1 aromatic carbocycles. The Hall–Kier alpha value is -2.28. The van der Waals surface area contributed by atoms with Gasteiger partial charge < -0.3 is 10.2 Å². The van der Waals surface area contributed by atoms with Gasteiger partial charge in [-0.25, -0.2) is 4.79 Å². The predicted molar refractivity (Wildman–Crippen MR) is 70.8 cm³/mol. The first-order chi connectivity index (χ1) is 8.71. The van der Waals surface area contributed by atoms with Gasteiger partial charge in [0.2, 0.25) is 0 Å². The minimum atomic E-state index is -0.125. The number of nitrogens with zero attached hydrogens (tertiary/aromatic N) is 2. The third kappa shape index (κ3) is 3.95. The molecule has 1 N–H and O–H groups in total. The van der Waals surface area contributed by atoms with Gasteiger partial charge in [0.1, 0.15) is 0 Å². The van der Waals surface area contributed by atoms with Gasteiger partial charge in [-0.1, -0.05) is 18.2 Å². The summed E-state index contributed by atoms with van der Waals surface area (Å²) in [4.78, 5) is 13.4. The van der Waals surface area contributed by atoms with E-state index in [4.69, 9.17) is 5.26 Å². The molecule has 0 atom stereocenters. The van der Waals surface area contributed by atoms with Crippen molar-refractivity contribution < 1.29 is 4.79 Å². The van der Waals surface area contributed by atoms with Crippen molar-refractivity contribution in [1.29, 1.82) is 5.26 Å². The molecule has 4 heteroatoms. The highest BCUT2D eigenvalue weighted by atomic mass is 16.2. The molecular weight excluding hydrogens is 226 g/mol. The van der Waals surface area contributed by atoms with Crippen LogP contribution >= 0.6 is 0 Å². The van der Waals surface area contributed by atoms with E-state index < -0.39 is 0 Å². The van der Waals surface area contributed by atoms with E-state index in [9.17, 15) is 4.79 Å². The summed E-state index contributed by atoms with van der Waals surface area (Å²) in [5.74, 6) is 0. The average Bonchev–Trinajstić information content (AvgIpc) is 2.39. The minimum absolute atomic E-state index is 0.125. The fraction of sp³-hybridized carbons (Fsp3) is 0.286. The van der Waals surface area contributed by atoms with Gasteiger partial charge in [0.05, 0.1) is 11.6 Å². The molecule has 18 heavy (non-hydrogen) atoms. The lowest BCUT2D eigenvalue weighted by Gasteiger charge is -2.21. The van der Waals surface area contributed by atoms with E-state index in [1.54, 1.807) is 23.1 Å². The van der Waals surface area contributed by atoms with E-state index in [-0.39, 0.29) is 6.03 Å². The molecule has 1 rings (SSSR count). The molecule has 0 aliphatic heterocycles. The van der Waals surface area contributed by atoms with Crippen molar-refractivity contribution in [3.05, 3.63) is 48.0 Å². The molecule has 0 heterocycles. The number of nitriles is 1. The van der Waals surface area contributed by atoms with Crippen LogP contribution in [0.3, 0.4) is 0 Å². The van der Waals surface area contributed by atoms with Crippen LogP contribution in [0.1, 0.15) is 18.1 Å². The highest BCUT2D eigenvalue weighted by Crippen LogP contribution is 2.08. The van der Waals surface area contributed by atoms with Gasteiger partial charge in [-0.3, -0.25) is 0 Å². The molecule has 94 valence electrons. The Morgan fingerprint density at radius 2 is 2.39 bits per heavy atom. The van der Waals surface area contributed by atoms with Crippen molar-refractivity contribution in [2.45, 2.75) is 13.5 Å². The number of urea groups is 1. The van der Waals surface area contributed by atoms with Gasteiger partial charge in [-0.05, 0) is 24.6 Å². The van der Waals surface area contributed by atoms with Crippen LogP contribution in [-0.2, 0) is 6.54 Å². The molecule has 1 aromatic rings. The molecule has 0 saturated heterocycles. The maximum Gasteiger partial charge on any atom is 0.317 e. The average molecular weight is 243 g/mol. The van der Waals surface area contributed by atoms with Crippen molar-refractivity contribution >= 4 is 6.03 Å². The number of benzene rings is 1. The Morgan fingerprint density at radius 1 is 1.61 bits per heavy atom. The minimum Gasteiger partial charge on any atom is -0.338 e. The number of carbonyl (C=O) groups is 1. The third-order valence-corrected chi connectivity index (χ3v) is 2.39. The number of rotatable bonds is 5. The molecular formula is C14H17N3O. The normalized spacial score (nSPS) is 9.33. The van der Waals surface area contributed by atoms with E-state index in [0.29, 0.717) is 25.2 Å². The number of hydrogen-bond acceptors (Lipinski definition) is 2. The van der Waals surface area contributed by atoms with Crippen molar-refractivity contribution in [2.75, 3.05) is 13.1 Å². The SMILES string of the molecule is C=CCN(Cc1cccc(C#N)c1)C(=O)NCC. The Balaban J connectivity index is 2.79. The predicted octanol–water partition coefficient (Wildman–Crippen LogP) is 2.28. The van der Waals surface area contributed by atoms with Crippen LogP contribution in [0.25, 0.3) is 0 Å². The van der Waals surface area contributed by atoms with Crippen LogP contribution in [0, 0.1) is 11.3 Å². The molecule has 0 aliphatic carbocycles.